The highest BCUT2D eigenvalue weighted by molar-refractivity contribution is 6.01. The highest BCUT2D eigenvalue weighted by Crippen LogP contribution is 2.20. The third-order valence-corrected chi connectivity index (χ3v) is 8.63. The Morgan fingerprint density at radius 2 is 1.00 bits per heavy atom. The first-order chi connectivity index (χ1) is 20.1. The van der Waals surface area contributed by atoms with Gasteiger partial charge in [0.2, 0.25) is 5.91 Å². The van der Waals surface area contributed by atoms with Crippen LogP contribution in [0.25, 0.3) is 0 Å². The van der Waals surface area contributed by atoms with E-state index in [0.29, 0.717) is 26.0 Å². The van der Waals surface area contributed by atoms with Crippen LogP contribution in [0.4, 0.5) is 0 Å². The molecule has 0 bridgehead atoms. The lowest BCUT2D eigenvalue weighted by Crippen LogP contribution is -2.46. The summed E-state index contributed by atoms with van der Waals surface area (Å²) in [7, 11) is 1.68. The van der Waals surface area contributed by atoms with Crippen LogP contribution < -0.4 is 5.32 Å². The van der Waals surface area contributed by atoms with Gasteiger partial charge in [-0.3, -0.25) is 9.59 Å². The second-order valence-corrected chi connectivity index (χ2v) is 14.0. The van der Waals surface area contributed by atoms with Crippen LogP contribution in [0.5, 0.6) is 0 Å². The van der Waals surface area contributed by atoms with Gasteiger partial charge in [0.25, 0.3) is 0 Å². The fourth-order valence-electron chi connectivity index (χ4n) is 5.31. The van der Waals surface area contributed by atoms with E-state index in [2.05, 4.69) is 19.2 Å². The number of Topliss-reactive ketones (excluding diaryl/α,β-unsaturated/α-hetero) is 1. The Bertz CT molecular complexity index is 646. The Labute approximate surface area is 262 Å². The zero-order valence-corrected chi connectivity index (χ0v) is 29.4. The number of carbonyl (C=O) groups is 2. The lowest BCUT2D eigenvalue weighted by Gasteiger charge is -2.31. The highest BCUT2D eigenvalue weighted by Gasteiger charge is 2.29. The van der Waals surface area contributed by atoms with Crippen molar-refractivity contribution < 1.29 is 19.1 Å². The van der Waals surface area contributed by atoms with Crippen molar-refractivity contribution >= 4 is 11.7 Å². The molecule has 0 heterocycles. The van der Waals surface area contributed by atoms with Crippen molar-refractivity contribution in [2.24, 2.45) is 5.92 Å². The summed E-state index contributed by atoms with van der Waals surface area (Å²) in [5, 5.41) is 3.06. The standard InChI is InChI=1S/C37H73NO4/c1-8-10-12-14-16-18-20-22-24-26-28-30-34(39)33(29-27-25-23-21-19-17-15-13-11-9-2)35(40)38-31-36(3,4)42-32-37(5,6)41-7/h33H,8-32H2,1-7H3,(H,38,40). The molecule has 1 atom stereocenters. The predicted molar refractivity (Wildman–Crippen MR) is 180 cm³/mol. The van der Waals surface area contributed by atoms with Gasteiger partial charge in [-0.2, -0.15) is 0 Å². The number of hydrogen-bond acceptors (Lipinski definition) is 4. The molecule has 0 aliphatic heterocycles. The third kappa shape index (κ3) is 24.5. The molecule has 1 amide bonds. The molecule has 0 aliphatic carbocycles. The first-order valence-corrected chi connectivity index (χ1v) is 18.1. The Hall–Kier alpha value is -0.940. The van der Waals surface area contributed by atoms with Crippen molar-refractivity contribution in [1.29, 1.82) is 0 Å². The Kier molecular flexibility index (Phi) is 25.9. The van der Waals surface area contributed by atoms with Gasteiger partial charge in [0.1, 0.15) is 5.78 Å². The van der Waals surface area contributed by atoms with Crippen LogP contribution in [0.3, 0.4) is 0 Å². The molecule has 0 spiro atoms. The van der Waals surface area contributed by atoms with Crippen molar-refractivity contribution in [3.8, 4) is 0 Å². The largest absolute Gasteiger partial charge is 0.376 e. The van der Waals surface area contributed by atoms with Crippen molar-refractivity contribution in [2.45, 2.75) is 200 Å². The molecule has 1 unspecified atom stereocenters. The Morgan fingerprint density at radius 3 is 1.43 bits per heavy atom. The van der Waals surface area contributed by atoms with Crippen LogP contribution in [-0.4, -0.2) is 43.2 Å². The number of nitrogens with one attached hydrogen (secondary N) is 1. The van der Waals surface area contributed by atoms with E-state index in [-0.39, 0.29) is 17.3 Å². The van der Waals surface area contributed by atoms with Crippen LogP contribution in [0.2, 0.25) is 0 Å². The van der Waals surface area contributed by atoms with Gasteiger partial charge < -0.3 is 14.8 Å². The zero-order valence-electron chi connectivity index (χ0n) is 29.4. The van der Waals surface area contributed by atoms with E-state index in [4.69, 9.17) is 9.47 Å². The van der Waals surface area contributed by atoms with Crippen molar-refractivity contribution in [3.63, 3.8) is 0 Å². The van der Waals surface area contributed by atoms with Gasteiger partial charge in [-0.1, -0.05) is 142 Å². The number of unbranched alkanes of at least 4 members (excludes halogenated alkanes) is 19. The summed E-state index contributed by atoms with van der Waals surface area (Å²) in [6.07, 6.45) is 27.6. The van der Waals surface area contributed by atoms with E-state index in [9.17, 15) is 9.59 Å². The summed E-state index contributed by atoms with van der Waals surface area (Å²) in [4.78, 5) is 26.5. The second-order valence-electron chi connectivity index (χ2n) is 14.0. The molecule has 0 saturated heterocycles. The smallest absolute Gasteiger partial charge is 0.230 e. The Morgan fingerprint density at radius 1 is 0.595 bits per heavy atom. The number of ether oxygens (including phenoxy) is 2. The predicted octanol–water partition coefficient (Wildman–Crippen LogP) is 10.5. The maximum atomic E-state index is 13.3. The van der Waals surface area contributed by atoms with E-state index in [1.165, 1.54) is 109 Å². The highest BCUT2D eigenvalue weighted by atomic mass is 16.5. The molecule has 42 heavy (non-hydrogen) atoms. The quantitative estimate of drug-likeness (QED) is 0.0639. The topological polar surface area (TPSA) is 64.6 Å². The van der Waals surface area contributed by atoms with Crippen LogP contribution >= 0.6 is 0 Å². The fourth-order valence-corrected chi connectivity index (χ4v) is 5.31. The van der Waals surface area contributed by atoms with E-state index in [0.717, 1.165) is 25.7 Å². The monoisotopic (exact) mass is 596 g/mol. The molecule has 5 heteroatoms. The van der Waals surface area contributed by atoms with Gasteiger partial charge in [-0.25, -0.2) is 0 Å². The molecular formula is C37H73NO4. The lowest BCUT2D eigenvalue weighted by atomic mass is 9.91. The molecule has 0 aromatic rings. The molecule has 0 rings (SSSR count). The van der Waals surface area contributed by atoms with Crippen molar-refractivity contribution in [3.05, 3.63) is 0 Å². The minimum absolute atomic E-state index is 0.123. The summed E-state index contributed by atoms with van der Waals surface area (Å²) >= 11 is 0. The number of methoxy groups -OCH3 is 1. The molecule has 0 radical (unpaired) electrons. The van der Waals surface area contributed by atoms with E-state index in [1.807, 2.05) is 27.7 Å². The summed E-state index contributed by atoms with van der Waals surface area (Å²) < 4.78 is 11.5. The normalized spacial score (nSPS) is 12.9. The van der Waals surface area contributed by atoms with Gasteiger partial charge in [-0.15, -0.1) is 0 Å². The molecule has 0 aromatic heterocycles. The number of carbonyl (C=O) groups excluding carboxylic acids is 2. The number of ketones is 1. The summed E-state index contributed by atoms with van der Waals surface area (Å²) in [6.45, 7) is 13.3. The van der Waals surface area contributed by atoms with E-state index >= 15 is 0 Å². The molecule has 0 fully saturated rings. The average molecular weight is 596 g/mol. The first-order valence-electron chi connectivity index (χ1n) is 18.1. The summed E-state index contributed by atoms with van der Waals surface area (Å²) in [5.41, 5.74) is -0.921. The maximum absolute atomic E-state index is 13.3. The molecule has 0 saturated carbocycles. The van der Waals surface area contributed by atoms with Gasteiger partial charge >= 0.3 is 0 Å². The fraction of sp³-hybridized carbons (Fsp3) is 0.946. The minimum atomic E-state index is -0.536. The lowest BCUT2D eigenvalue weighted by molar-refractivity contribution is -0.136. The second kappa shape index (κ2) is 26.5. The van der Waals surface area contributed by atoms with E-state index in [1.54, 1.807) is 7.11 Å². The number of hydrogen-bond donors (Lipinski definition) is 1. The van der Waals surface area contributed by atoms with Gasteiger partial charge in [0.15, 0.2) is 0 Å². The van der Waals surface area contributed by atoms with Crippen LogP contribution in [0.1, 0.15) is 189 Å². The molecular weight excluding hydrogens is 522 g/mol. The Balaban J connectivity index is 4.57. The van der Waals surface area contributed by atoms with Crippen molar-refractivity contribution in [2.75, 3.05) is 20.3 Å². The number of rotatable bonds is 31. The first kappa shape index (κ1) is 41.1. The van der Waals surface area contributed by atoms with Crippen LogP contribution in [0.15, 0.2) is 0 Å². The van der Waals surface area contributed by atoms with E-state index < -0.39 is 11.5 Å². The molecule has 250 valence electrons. The van der Waals surface area contributed by atoms with Crippen LogP contribution in [-0.2, 0) is 19.1 Å². The molecule has 0 aromatic carbocycles. The zero-order chi connectivity index (χ0) is 31.5. The van der Waals surface area contributed by atoms with Crippen molar-refractivity contribution in [1.82, 2.24) is 5.32 Å². The molecule has 1 N–H and O–H groups in total. The average Bonchev–Trinajstić information content (AvgIpc) is 2.96. The van der Waals surface area contributed by atoms with Crippen LogP contribution in [0, 0.1) is 5.92 Å². The third-order valence-electron chi connectivity index (χ3n) is 8.63. The minimum Gasteiger partial charge on any atom is -0.376 e. The van der Waals surface area contributed by atoms with Gasteiger partial charge in [0.05, 0.1) is 23.7 Å². The summed E-state index contributed by atoms with van der Waals surface area (Å²) in [5.74, 6) is -0.534. The maximum Gasteiger partial charge on any atom is 0.230 e. The summed E-state index contributed by atoms with van der Waals surface area (Å²) in [6, 6.07) is 0. The molecule has 0 aliphatic rings. The molecule has 5 nitrogen and oxygen atoms in total. The van der Waals surface area contributed by atoms with Gasteiger partial charge in [-0.05, 0) is 40.5 Å². The number of amides is 1. The van der Waals surface area contributed by atoms with Gasteiger partial charge in [0, 0.05) is 20.1 Å². The SMILES string of the molecule is CCCCCCCCCCCCCC(=O)C(CCCCCCCCCCCC)C(=O)NCC(C)(C)OCC(C)(C)OC.